The third-order valence-corrected chi connectivity index (χ3v) is 4.48. The molecule has 1 fully saturated rings. The van der Waals surface area contributed by atoms with Gasteiger partial charge < -0.3 is 10.6 Å². The van der Waals surface area contributed by atoms with E-state index in [0.29, 0.717) is 12.2 Å². The van der Waals surface area contributed by atoms with Crippen LogP contribution < -0.4 is 10.6 Å². The predicted octanol–water partition coefficient (Wildman–Crippen LogP) is 1.80. The Morgan fingerprint density at radius 1 is 0.889 bits per heavy atom. The molecule has 1 aliphatic rings. The van der Waals surface area contributed by atoms with Gasteiger partial charge in [-0.1, -0.05) is 0 Å². The summed E-state index contributed by atoms with van der Waals surface area (Å²) in [5, 5.41) is 5.61. The number of carbonyl (C=O) groups is 2. The minimum Gasteiger partial charge on any atom is -0.326 e. The largest absolute Gasteiger partial charge is 0.326 e. The van der Waals surface area contributed by atoms with Crippen LogP contribution in [0.4, 0.5) is 11.4 Å². The maximum Gasteiger partial charge on any atom is 0.238 e. The van der Waals surface area contributed by atoms with E-state index < -0.39 is 0 Å². The van der Waals surface area contributed by atoms with E-state index in [1.165, 1.54) is 12.5 Å². The lowest BCUT2D eigenvalue weighted by Gasteiger charge is -2.34. The first-order chi connectivity index (χ1) is 13.1. The van der Waals surface area contributed by atoms with E-state index in [-0.39, 0.29) is 11.8 Å². The lowest BCUT2D eigenvalue weighted by molar-refractivity contribution is -0.117. The van der Waals surface area contributed by atoms with Crippen LogP contribution in [0.15, 0.2) is 48.8 Å². The number of anilines is 2. The molecular formula is C20H25N5O2. The lowest BCUT2D eigenvalue weighted by Crippen LogP contribution is -2.48. The highest BCUT2D eigenvalue weighted by atomic mass is 16.2. The topological polar surface area (TPSA) is 77.6 Å². The lowest BCUT2D eigenvalue weighted by atomic mass is 10.2. The molecule has 7 nitrogen and oxygen atoms in total. The fourth-order valence-corrected chi connectivity index (χ4v) is 3.10. The van der Waals surface area contributed by atoms with Crippen molar-refractivity contribution in [2.45, 2.75) is 13.5 Å². The maximum absolute atomic E-state index is 12.3. The average Bonchev–Trinajstić information content (AvgIpc) is 2.65. The van der Waals surface area contributed by atoms with Crippen LogP contribution in [-0.4, -0.2) is 59.3 Å². The van der Waals surface area contributed by atoms with Crippen molar-refractivity contribution in [3.63, 3.8) is 0 Å². The Balaban J connectivity index is 1.41. The standard InChI is InChI=1S/C20H25N5O2/c1-16(26)22-18-2-4-19(5-3-18)23-20(27)15-25-12-10-24(11-13-25)14-17-6-8-21-9-7-17/h2-9H,10-15H2,1H3,(H,22,26)(H,23,27). The fraction of sp³-hybridized carbons (Fsp3) is 0.350. The van der Waals surface area contributed by atoms with E-state index in [9.17, 15) is 9.59 Å². The second kappa shape index (κ2) is 9.25. The first kappa shape index (κ1) is 19.0. The second-order valence-electron chi connectivity index (χ2n) is 6.71. The molecule has 2 aromatic rings. The molecule has 0 saturated carbocycles. The molecule has 2 N–H and O–H groups in total. The van der Waals surface area contributed by atoms with Gasteiger partial charge in [0.2, 0.25) is 11.8 Å². The Bertz CT molecular complexity index is 756. The number of aromatic nitrogens is 1. The van der Waals surface area contributed by atoms with Gasteiger partial charge in [0.05, 0.1) is 6.54 Å². The van der Waals surface area contributed by atoms with Crippen LogP contribution in [0.1, 0.15) is 12.5 Å². The molecule has 0 aliphatic carbocycles. The summed E-state index contributed by atoms with van der Waals surface area (Å²) in [7, 11) is 0. The molecule has 1 aromatic carbocycles. The van der Waals surface area contributed by atoms with Gasteiger partial charge in [0.15, 0.2) is 0 Å². The van der Waals surface area contributed by atoms with Crippen molar-refractivity contribution in [1.82, 2.24) is 14.8 Å². The molecule has 1 aliphatic heterocycles. The summed E-state index contributed by atoms with van der Waals surface area (Å²) in [6.45, 7) is 6.41. The Labute approximate surface area is 159 Å². The number of carbonyl (C=O) groups excluding carboxylic acids is 2. The first-order valence-electron chi connectivity index (χ1n) is 9.09. The molecule has 0 radical (unpaired) electrons. The molecule has 27 heavy (non-hydrogen) atoms. The van der Waals surface area contributed by atoms with Crippen molar-refractivity contribution in [3.05, 3.63) is 54.4 Å². The summed E-state index contributed by atoms with van der Waals surface area (Å²) in [4.78, 5) is 31.9. The number of pyridine rings is 1. The van der Waals surface area contributed by atoms with E-state index in [4.69, 9.17) is 0 Å². The summed E-state index contributed by atoms with van der Waals surface area (Å²) in [6, 6.07) is 11.2. The normalized spacial score (nSPS) is 15.3. The van der Waals surface area contributed by atoms with Gasteiger partial charge in [-0.15, -0.1) is 0 Å². The zero-order valence-electron chi connectivity index (χ0n) is 15.5. The SMILES string of the molecule is CC(=O)Nc1ccc(NC(=O)CN2CCN(Cc3ccncc3)CC2)cc1. The number of nitrogens with zero attached hydrogens (tertiary/aromatic N) is 3. The van der Waals surface area contributed by atoms with E-state index in [1.54, 1.807) is 24.3 Å². The molecule has 142 valence electrons. The van der Waals surface area contributed by atoms with Gasteiger partial charge in [-0.2, -0.15) is 0 Å². The van der Waals surface area contributed by atoms with Crippen molar-refractivity contribution in [2.75, 3.05) is 43.4 Å². The quantitative estimate of drug-likeness (QED) is 0.814. The minimum atomic E-state index is -0.116. The Hall–Kier alpha value is -2.77. The smallest absolute Gasteiger partial charge is 0.238 e. The Morgan fingerprint density at radius 3 is 2.04 bits per heavy atom. The van der Waals surface area contributed by atoms with Crippen LogP contribution in [0, 0.1) is 0 Å². The van der Waals surface area contributed by atoms with Gasteiger partial charge in [-0.3, -0.25) is 24.4 Å². The van der Waals surface area contributed by atoms with Gasteiger partial charge in [0.25, 0.3) is 0 Å². The summed E-state index contributed by atoms with van der Waals surface area (Å²) in [5.41, 5.74) is 2.70. The number of benzene rings is 1. The predicted molar refractivity (Wildman–Crippen MR) is 105 cm³/mol. The Morgan fingerprint density at radius 2 is 1.44 bits per heavy atom. The van der Waals surface area contributed by atoms with Crippen LogP contribution in [-0.2, 0) is 16.1 Å². The van der Waals surface area contributed by atoms with E-state index in [1.807, 2.05) is 24.5 Å². The fourth-order valence-electron chi connectivity index (χ4n) is 3.10. The highest BCUT2D eigenvalue weighted by Gasteiger charge is 2.19. The molecule has 2 heterocycles. The molecule has 7 heteroatoms. The molecule has 0 unspecified atom stereocenters. The first-order valence-corrected chi connectivity index (χ1v) is 9.09. The monoisotopic (exact) mass is 367 g/mol. The van der Waals surface area contributed by atoms with Crippen molar-refractivity contribution < 1.29 is 9.59 Å². The van der Waals surface area contributed by atoms with E-state index >= 15 is 0 Å². The number of piperazine rings is 1. The van der Waals surface area contributed by atoms with Crippen LogP contribution >= 0.6 is 0 Å². The average molecular weight is 367 g/mol. The highest BCUT2D eigenvalue weighted by Crippen LogP contribution is 2.14. The number of hydrogen-bond acceptors (Lipinski definition) is 5. The highest BCUT2D eigenvalue weighted by molar-refractivity contribution is 5.93. The molecular weight excluding hydrogens is 342 g/mol. The molecule has 0 spiro atoms. The van der Waals surface area contributed by atoms with Gasteiger partial charge in [0.1, 0.15) is 0 Å². The molecule has 0 atom stereocenters. The van der Waals surface area contributed by atoms with Crippen molar-refractivity contribution in [1.29, 1.82) is 0 Å². The van der Waals surface area contributed by atoms with E-state index in [2.05, 4.69) is 25.4 Å². The van der Waals surface area contributed by atoms with Crippen LogP contribution in [0.2, 0.25) is 0 Å². The minimum absolute atomic E-state index is 0.0233. The van der Waals surface area contributed by atoms with Crippen molar-refractivity contribution in [2.24, 2.45) is 0 Å². The molecule has 1 aromatic heterocycles. The molecule has 3 rings (SSSR count). The van der Waals surface area contributed by atoms with Crippen LogP contribution in [0.5, 0.6) is 0 Å². The third kappa shape index (κ3) is 6.16. The van der Waals surface area contributed by atoms with Gasteiger partial charge in [-0.25, -0.2) is 0 Å². The zero-order valence-corrected chi connectivity index (χ0v) is 15.5. The van der Waals surface area contributed by atoms with Crippen LogP contribution in [0.3, 0.4) is 0 Å². The molecule has 2 amide bonds. The van der Waals surface area contributed by atoms with Crippen LogP contribution in [0.25, 0.3) is 0 Å². The molecule has 0 bridgehead atoms. The Kier molecular flexibility index (Phi) is 6.51. The van der Waals surface area contributed by atoms with Gasteiger partial charge in [-0.05, 0) is 42.0 Å². The number of rotatable bonds is 6. The molecule has 1 saturated heterocycles. The summed E-state index contributed by atoms with van der Waals surface area (Å²) in [6.07, 6.45) is 3.64. The second-order valence-corrected chi connectivity index (χ2v) is 6.71. The van der Waals surface area contributed by atoms with Crippen molar-refractivity contribution in [3.8, 4) is 0 Å². The number of hydrogen-bond donors (Lipinski definition) is 2. The van der Waals surface area contributed by atoms with Gasteiger partial charge >= 0.3 is 0 Å². The van der Waals surface area contributed by atoms with Gasteiger partial charge in [0, 0.05) is 63.4 Å². The van der Waals surface area contributed by atoms with E-state index in [0.717, 1.165) is 38.4 Å². The maximum atomic E-state index is 12.3. The summed E-state index contributed by atoms with van der Waals surface area (Å²) in [5.74, 6) is -0.139. The summed E-state index contributed by atoms with van der Waals surface area (Å²) < 4.78 is 0. The number of nitrogens with one attached hydrogen (secondary N) is 2. The third-order valence-electron chi connectivity index (χ3n) is 4.48. The van der Waals surface area contributed by atoms with Crippen molar-refractivity contribution >= 4 is 23.2 Å². The number of amides is 2. The zero-order chi connectivity index (χ0) is 19.1. The summed E-state index contributed by atoms with van der Waals surface area (Å²) >= 11 is 0.